The molecule has 0 aliphatic carbocycles. The monoisotopic (exact) mass is 309 g/mol. The molecule has 0 saturated carbocycles. The normalized spacial score (nSPS) is 11.1. The first-order chi connectivity index (χ1) is 10.1. The van der Waals surface area contributed by atoms with Crippen LogP contribution in [0, 0.1) is 0 Å². The number of aromatic nitrogens is 2. The van der Waals surface area contributed by atoms with Crippen LogP contribution in [0.4, 0.5) is 0 Å². The van der Waals surface area contributed by atoms with E-state index in [1.54, 1.807) is 6.07 Å². The smallest absolute Gasteiger partial charge is 0.264 e. The highest BCUT2D eigenvalue weighted by Gasteiger charge is 2.13. The maximum absolute atomic E-state index is 6.21. The largest absolute Gasteiger partial charge is 0.482 e. The summed E-state index contributed by atoms with van der Waals surface area (Å²) in [6.45, 7) is 7.87. The van der Waals surface area contributed by atoms with Crippen LogP contribution in [0.15, 0.2) is 22.7 Å². The molecule has 0 saturated heterocycles. The highest BCUT2D eigenvalue weighted by molar-refractivity contribution is 6.32. The van der Waals surface area contributed by atoms with E-state index in [0.717, 1.165) is 12.1 Å². The lowest BCUT2D eigenvalue weighted by atomic mass is 10.2. The molecule has 0 spiro atoms. The number of halogens is 1. The molecule has 0 atom stereocenters. The molecular formula is C15H20ClN3O2. The molecule has 2 rings (SSSR count). The van der Waals surface area contributed by atoms with Crippen molar-refractivity contribution in [3.05, 3.63) is 40.5 Å². The van der Waals surface area contributed by atoms with E-state index >= 15 is 0 Å². The van der Waals surface area contributed by atoms with Crippen LogP contribution < -0.4 is 10.1 Å². The Labute approximate surface area is 129 Å². The zero-order chi connectivity index (χ0) is 15.2. The molecule has 0 radical (unpaired) electrons. The lowest BCUT2D eigenvalue weighted by molar-refractivity contribution is 0.240. The summed E-state index contributed by atoms with van der Waals surface area (Å²) in [6, 6.07) is 5.70. The third kappa shape index (κ3) is 4.19. The summed E-state index contributed by atoms with van der Waals surface area (Å²) in [5, 5.41) is 7.75. The fourth-order valence-electron chi connectivity index (χ4n) is 1.81. The van der Waals surface area contributed by atoms with Gasteiger partial charge in [0.15, 0.2) is 12.4 Å². The number of para-hydroxylation sites is 1. The Kier molecular flexibility index (Phi) is 5.59. The standard InChI is InChI=1S/C15H20ClN3O2/c1-4-17-8-11-6-5-7-12(16)14(11)20-9-13-18-15(10(2)3)19-21-13/h5-7,10,17H,4,8-9H2,1-3H3. The topological polar surface area (TPSA) is 60.2 Å². The lowest BCUT2D eigenvalue weighted by Crippen LogP contribution is -2.13. The second kappa shape index (κ2) is 7.43. The van der Waals surface area contributed by atoms with E-state index in [-0.39, 0.29) is 12.5 Å². The van der Waals surface area contributed by atoms with Gasteiger partial charge in [-0.1, -0.05) is 49.7 Å². The van der Waals surface area contributed by atoms with Crippen molar-refractivity contribution in [3.8, 4) is 5.75 Å². The molecule has 0 amide bonds. The summed E-state index contributed by atoms with van der Waals surface area (Å²) in [5.74, 6) is 2.02. The second-order valence-corrected chi connectivity index (χ2v) is 5.41. The van der Waals surface area contributed by atoms with E-state index < -0.39 is 0 Å². The van der Waals surface area contributed by atoms with Crippen LogP contribution in [-0.4, -0.2) is 16.7 Å². The van der Waals surface area contributed by atoms with E-state index in [1.165, 1.54) is 0 Å². The molecule has 6 heteroatoms. The summed E-state index contributed by atoms with van der Waals surface area (Å²) in [4.78, 5) is 4.28. The van der Waals surface area contributed by atoms with Gasteiger partial charge in [0.25, 0.3) is 5.89 Å². The Morgan fingerprint density at radius 2 is 2.19 bits per heavy atom. The quantitative estimate of drug-likeness (QED) is 0.847. The number of benzene rings is 1. The summed E-state index contributed by atoms with van der Waals surface area (Å²) < 4.78 is 10.9. The Balaban J connectivity index is 2.07. The molecular weight excluding hydrogens is 290 g/mol. The number of hydrogen-bond acceptors (Lipinski definition) is 5. The van der Waals surface area contributed by atoms with Gasteiger partial charge < -0.3 is 14.6 Å². The minimum Gasteiger partial charge on any atom is -0.482 e. The van der Waals surface area contributed by atoms with Crippen molar-refractivity contribution in [2.24, 2.45) is 0 Å². The third-order valence-corrected chi connectivity index (χ3v) is 3.25. The van der Waals surface area contributed by atoms with E-state index in [2.05, 4.69) is 22.4 Å². The fraction of sp³-hybridized carbons (Fsp3) is 0.467. The Morgan fingerprint density at radius 1 is 1.38 bits per heavy atom. The van der Waals surface area contributed by atoms with Gasteiger partial charge >= 0.3 is 0 Å². The third-order valence-electron chi connectivity index (χ3n) is 2.95. The van der Waals surface area contributed by atoms with Gasteiger partial charge in [0.2, 0.25) is 0 Å². The van der Waals surface area contributed by atoms with Gasteiger partial charge in [-0.25, -0.2) is 0 Å². The molecule has 2 aromatic rings. The van der Waals surface area contributed by atoms with Gasteiger partial charge in [-0.2, -0.15) is 4.98 Å². The first-order valence-corrected chi connectivity index (χ1v) is 7.43. The van der Waals surface area contributed by atoms with Crippen LogP contribution in [0.2, 0.25) is 5.02 Å². The Bertz CT molecular complexity index is 584. The zero-order valence-corrected chi connectivity index (χ0v) is 13.3. The van der Waals surface area contributed by atoms with Crippen molar-refractivity contribution in [3.63, 3.8) is 0 Å². The minimum atomic E-state index is 0.211. The summed E-state index contributed by atoms with van der Waals surface area (Å²) in [7, 11) is 0. The number of rotatable bonds is 7. The van der Waals surface area contributed by atoms with Gasteiger partial charge in [-0.3, -0.25) is 0 Å². The summed E-state index contributed by atoms with van der Waals surface area (Å²) in [5.41, 5.74) is 1.01. The van der Waals surface area contributed by atoms with Gasteiger partial charge in [-0.15, -0.1) is 0 Å². The number of nitrogens with one attached hydrogen (secondary N) is 1. The lowest BCUT2D eigenvalue weighted by Gasteiger charge is -2.12. The van der Waals surface area contributed by atoms with Gasteiger partial charge in [-0.05, 0) is 12.6 Å². The average molecular weight is 310 g/mol. The molecule has 1 aromatic heterocycles. The molecule has 21 heavy (non-hydrogen) atoms. The predicted molar refractivity (Wildman–Crippen MR) is 81.6 cm³/mol. The highest BCUT2D eigenvalue weighted by Crippen LogP contribution is 2.29. The molecule has 0 bridgehead atoms. The van der Waals surface area contributed by atoms with Crippen LogP contribution >= 0.6 is 11.6 Å². The molecule has 0 fully saturated rings. The second-order valence-electron chi connectivity index (χ2n) is 5.00. The van der Waals surface area contributed by atoms with Crippen LogP contribution in [0.5, 0.6) is 5.75 Å². The Hall–Kier alpha value is -1.59. The van der Waals surface area contributed by atoms with Gasteiger partial charge in [0, 0.05) is 18.0 Å². The zero-order valence-electron chi connectivity index (χ0n) is 12.5. The van der Waals surface area contributed by atoms with Crippen LogP contribution in [0.25, 0.3) is 0 Å². The maximum Gasteiger partial charge on any atom is 0.264 e. The van der Waals surface area contributed by atoms with Gasteiger partial charge in [0.1, 0.15) is 5.75 Å². The molecule has 1 aromatic carbocycles. The van der Waals surface area contributed by atoms with Crippen LogP contribution in [0.1, 0.15) is 44.0 Å². The molecule has 0 unspecified atom stereocenters. The summed E-state index contributed by atoms with van der Waals surface area (Å²) in [6.07, 6.45) is 0. The van der Waals surface area contributed by atoms with Crippen molar-refractivity contribution in [1.82, 2.24) is 15.5 Å². The average Bonchev–Trinajstić information content (AvgIpc) is 2.93. The summed E-state index contributed by atoms with van der Waals surface area (Å²) >= 11 is 6.21. The van der Waals surface area contributed by atoms with Gasteiger partial charge in [0.05, 0.1) is 5.02 Å². The first kappa shape index (κ1) is 15.8. The maximum atomic E-state index is 6.21. The number of hydrogen-bond donors (Lipinski definition) is 1. The molecule has 114 valence electrons. The number of ether oxygens (including phenoxy) is 1. The van der Waals surface area contributed by atoms with E-state index in [9.17, 15) is 0 Å². The van der Waals surface area contributed by atoms with E-state index in [1.807, 2.05) is 26.0 Å². The molecule has 1 N–H and O–H groups in total. The molecule has 0 aliphatic rings. The van der Waals surface area contributed by atoms with Crippen molar-refractivity contribution in [2.75, 3.05) is 6.54 Å². The Morgan fingerprint density at radius 3 is 2.86 bits per heavy atom. The van der Waals surface area contributed by atoms with E-state index in [4.69, 9.17) is 20.9 Å². The van der Waals surface area contributed by atoms with Crippen molar-refractivity contribution >= 4 is 11.6 Å². The van der Waals surface area contributed by atoms with Crippen molar-refractivity contribution < 1.29 is 9.26 Å². The molecule has 5 nitrogen and oxygen atoms in total. The molecule has 0 aliphatic heterocycles. The van der Waals surface area contributed by atoms with Crippen LogP contribution in [0.3, 0.4) is 0 Å². The van der Waals surface area contributed by atoms with Crippen molar-refractivity contribution in [1.29, 1.82) is 0 Å². The fourth-order valence-corrected chi connectivity index (χ4v) is 2.06. The SMILES string of the molecule is CCNCc1cccc(Cl)c1OCc1nc(C(C)C)no1. The minimum absolute atomic E-state index is 0.211. The predicted octanol–water partition coefficient (Wildman–Crippen LogP) is 3.53. The first-order valence-electron chi connectivity index (χ1n) is 7.05. The van der Waals surface area contributed by atoms with E-state index in [0.29, 0.717) is 29.0 Å². The molecule has 1 heterocycles. The highest BCUT2D eigenvalue weighted by atomic mass is 35.5. The van der Waals surface area contributed by atoms with Crippen LogP contribution in [-0.2, 0) is 13.2 Å². The number of nitrogens with zero attached hydrogens (tertiary/aromatic N) is 2. The van der Waals surface area contributed by atoms with Crippen molar-refractivity contribution in [2.45, 2.75) is 39.8 Å².